The molecule has 0 amide bonds. The van der Waals surface area contributed by atoms with Gasteiger partial charge in [-0.05, 0) is 68.8 Å². The van der Waals surface area contributed by atoms with Crippen molar-refractivity contribution in [2.24, 2.45) is 11.8 Å². The molecule has 1 nitrogen and oxygen atoms in total. The highest BCUT2D eigenvalue weighted by Gasteiger charge is 2.31. The molecule has 2 unspecified atom stereocenters. The molecule has 1 saturated heterocycles. The van der Waals surface area contributed by atoms with Crippen LogP contribution in [0.15, 0.2) is 24.3 Å². The molecule has 1 aromatic carbocycles. The Bertz CT molecular complexity index is 478. The van der Waals surface area contributed by atoms with E-state index in [2.05, 4.69) is 34.7 Å². The Kier molecular flexibility index (Phi) is 6.55. The topological polar surface area (TPSA) is 3.24 Å². The molecule has 23 heavy (non-hydrogen) atoms. The lowest BCUT2D eigenvalue weighted by molar-refractivity contribution is -0.137. The zero-order chi connectivity index (χ0) is 17.0. The fourth-order valence-electron chi connectivity index (χ4n) is 3.45. The summed E-state index contributed by atoms with van der Waals surface area (Å²) >= 11 is 3.51. The molecule has 1 fully saturated rings. The lowest BCUT2D eigenvalue weighted by atomic mass is 9.83. The standard InChI is InChI=1S/C18H25BrF3N/c1-13(7-10-19)15-8-11-23(12-9-15)14(2)16-3-5-17(6-4-16)18(20,21)22/h3-6,13-15H,7-12H2,1-2H3. The van der Waals surface area contributed by atoms with Gasteiger partial charge in [0.25, 0.3) is 0 Å². The Labute approximate surface area is 145 Å². The first-order valence-corrected chi connectivity index (χ1v) is 9.42. The second kappa shape index (κ2) is 8.02. The number of alkyl halides is 4. The van der Waals surface area contributed by atoms with E-state index >= 15 is 0 Å². The number of likely N-dealkylation sites (tertiary alicyclic amines) is 1. The van der Waals surface area contributed by atoms with E-state index in [1.807, 2.05) is 0 Å². The van der Waals surface area contributed by atoms with Gasteiger partial charge in [0.2, 0.25) is 0 Å². The maximum atomic E-state index is 12.6. The maximum absolute atomic E-state index is 12.6. The smallest absolute Gasteiger partial charge is 0.297 e. The predicted octanol–water partition coefficient (Wildman–Crippen LogP) is 5.90. The lowest BCUT2D eigenvalue weighted by Gasteiger charge is -2.38. The minimum atomic E-state index is -4.26. The number of nitrogens with zero attached hydrogens (tertiary/aromatic N) is 1. The van der Waals surface area contributed by atoms with Crippen molar-refractivity contribution in [1.29, 1.82) is 0 Å². The summed E-state index contributed by atoms with van der Waals surface area (Å²) in [7, 11) is 0. The molecule has 1 aliphatic heterocycles. The Morgan fingerprint density at radius 1 is 1.13 bits per heavy atom. The summed E-state index contributed by atoms with van der Waals surface area (Å²) in [5, 5.41) is 1.05. The van der Waals surface area contributed by atoms with E-state index in [-0.39, 0.29) is 6.04 Å². The fourth-order valence-corrected chi connectivity index (χ4v) is 4.17. The molecule has 0 radical (unpaired) electrons. The molecule has 0 N–H and O–H groups in total. The third-order valence-electron chi connectivity index (χ3n) is 5.21. The Morgan fingerprint density at radius 3 is 2.17 bits per heavy atom. The molecular formula is C18H25BrF3N. The normalized spacial score (nSPS) is 20.4. The third-order valence-corrected chi connectivity index (χ3v) is 5.67. The van der Waals surface area contributed by atoms with Crippen LogP contribution in [-0.2, 0) is 6.18 Å². The van der Waals surface area contributed by atoms with Gasteiger partial charge in [-0.3, -0.25) is 4.90 Å². The summed E-state index contributed by atoms with van der Waals surface area (Å²) in [4.78, 5) is 2.39. The van der Waals surface area contributed by atoms with E-state index in [9.17, 15) is 13.2 Å². The molecule has 0 bridgehead atoms. The van der Waals surface area contributed by atoms with Gasteiger partial charge in [-0.25, -0.2) is 0 Å². The van der Waals surface area contributed by atoms with E-state index in [4.69, 9.17) is 0 Å². The van der Waals surface area contributed by atoms with Gasteiger partial charge >= 0.3 is 6.18 Å². The van der Waals surface area contributed by atoms with Crippen molar-refractivity contribution in [1.82, 2.24) is 4.90 Å². The fraction of sp³-hybridized carbons (Fsp3) is 0.667. The molecule has 0 saturated carbocycles. The minimum Gasteiger partial charge on any atom is -0.297 e. The minimum absolute atomic E-state index is 0.171. The lowest BCUT2D eigenvalue weighted by Crippen LogP contribution is -2.37. The number of halogens is 4. The first-order chi connectivity index (χ1) is 10.8. The number of hydrogen-bond acceptors (Lipinski definition) is 1. The number of piperidine rings is 1. The second-order valence-corrected chi connectivity index (χ2v) is 7.42. The average Bonchev–Trinajstić information content (AvgIpc) is 2.54. The van der Waals surface area contributed by atoms with Crippen molar-refractivity contribution < 1.29 is 13.2 Å². The van der Waals surface area contributed by atoms with Crippen LogP contribution in [0.4, 0.5) is 13.2 Å². The van der Waals surface area contributed by atoms with Crippen molar-refractivity contribution >= 4 is 15.9 Å². The van der Waals surface area contributed by atoms with Crippen LogP contribution < -0.4 is 0 Å². The Morgan fingerprint density at radius 2 is 1.70 bits per heavy atom. The molecule has 0 spiro atoms. The maximum Gasteiger partial charge on any atom is 0.416 e. The van der Waals surface area contributed by atoms with Crippen LogP contribution in [0.1, 0.15) is 50.3 Å². The SMILES string of the molecule is CC(CCBr)C1CCN(C(C)c2ccc(C(F)(F)F)cc2)CC1. The van der Waals surface area contributed by atoms with Crippen LogP contribution in [0.5, 0.6) is 0 Å². The van der Waals surface area contributed by atoms with E-state index in [1.54, 1.807) is 12.1 Å². The first kappa shape index (κ1) is 18.8. The van der Waals surface area contributed by atoms with Gasteiger partial charge in [-0.2, -0.15) is 13.2 Å². The summed E-state index contributed by atoms with van der Waals surface area (Å²) in [5.41, 5.74) is 0.390. The van der Waals surface area contributed by atoms with E-state index < -0.39 is 11.7 Å². The average molecular weight is 392 g/mol. The molecular weight excluding hydrogens is 367 g/mol. The van der Waals surface area contributed by atoms with Crippen molar-refractivity contribution in [2.45, 2.75) is 45.3 Å². The largest absolute Gasteiger partial charge is 0.416 e. The Balaban J connectivity index is 1.93. The van der Waals surface area contributed by atoms with Crippen LogP contribution >= 0.6 is 15.9 Å². The summed E-state index contributed by atoms with van der Waals surface area (Å²) in [6.07, 6.45) is -0.691. The number of hydrogen-bond donors (Lipinski definition) is 0. The molecule has 130 valence electrons. The van der Waals surface area contributed by atoms with Crippen LogP contribution in [0, 0.1) is 11.8 Å². The quantitative estimate of drug-likeness (QED) is 0.564. The van der Waals surface area contributed by atoms with Gasteiger partial charge < -0.3 is 0 Å². The van der Waals surface area contributed by atoms with Crippen molar-refractivity contribution in [3.05, 3.63) is 35.4 Å². The Hall–Kier alpha value is -0.550. The van der Waals surface area contributed by atoms with Gasteiger partial charge in [-0.15, -0.1) is 0 Å². The molecule has 5 heteroatoms. The molecule has 1 aliphatic rings. The summed E-state index contributed by atoms with van der Waals surface area (Å²) < 4.78 is 37.9. The number of benzene rings is 1. The van der Waals surface area contributed by atoms with Crippen molar-refractivity contribution in [3.63, 3.8) is 0 Å². The second-order valence-electron chi connectivity index (χ2n) is 6.62. The summed E-state index contributed by atoms with van der Waals surface area (Å²) in [6.45, 7) is 6.46. The summed E-state index contributed by atoms with van der Waals surface area (Å²) in [6, 6.07) is 5.79. The molecule has 1 heterocycles. The third kappa shape index (κ3) is 4.96. The zero-order valence-electron chi connectivity index (χ0n) is 13.7. The van der Waals surface area contributed by atoms with Crippen LogP contribution in [0.3, 0.4) is 0 Å². The highest BCUT2D eigenvalue weighted by Crippen LogP contribution is 2.33. The zero-order valence-corrected chi connectivity index (χ0v) is 15.3. The molecule has 1 aromatic rings. The van der Waals surface area contributed by atoms with Gasteiger partial charge in [0.1, 0.15) is 0 Å². The van der Waals surface area contributed by atoms with Crippen LogP contribution in [-0.4, -0.2) is 23.3 Å². The van der Waals surface area contributed by atoms with Crippen LogP contribution in [0.2, 0.25) is 0 Å². The number of rotatable bonds is 5. The predicted molar refractivity (Wildman–Crippen MR) is 91.7 cm³/mol. The van der Waals surface area contributed by atoms with Crippen molar-refractivity contribution in [2.75, 3.05) is 18.4 Å². The highest BCUT2D eigenvalue weighted by atomic mass is 79.9. The van der Waals surface area contributed by atoms with E-state index in [0.29, 0.717) is 0 Å². The monoisotopic (exact) mass is 391 g/mol. The van der Waals surface area contributed by atoms with Gasteiger partial charge in [0.15, 0.2) is 0 Å². The van der Waals surface area contributed by atoms with Crippen LogP contribution in [0.25, 0.3) is 0 Å². The molecule has 2 rings (SSSR count). The van der Waals surface area contributed by atoms with Gasteiger partial charge in [0.05, 0.1) is 5.56 Å². The molecule has 2 atom stereocenters. The highest BCUT2D eigenvalue weighted by molar-refractivity contribution is 9.09. The van der Waals surface area contributed by atoms with E-state index in [1.165, 1.54) is 31.4 Å². The van der Waals surface area contributed by atoms with E-state index in [0.717, 1.165) is 35.8 Å². The summed E-state index contributed by atoms with van der Waals surface area (Å²) in [5.74, 6) is 1.50. The first-order valence-electron chi connectivity index (χ1n) is 8.30. The molecule has 0 aromatic heterocycles. The molecule has 0 aliphatic carbocycles. The van der Waals surface area contributed by atoms with Crippen molar-refractivity contribution in [3.8, 4) is 0 Å². The van der Waals surface area contributed by atoms with Gasteiger partial charge in [-0.1, -0.05) is 35.0 Å². The van der Waals surface area contributed by atoms with Gasteiger partial charge in [0, 0.05) is 11.4 Å².